The molecule has 7 heteroatoms. The molecule has 4 saturated carbocycles. The van der Waals surface area contributed by atoms with Crippen molar-refractivity contribution in [3.63, 3.8) is 0 Å². The van der Waals surface area contributed by atoms with Crippen LogP contribution in [0.4, 0.5) is 8.78 Å². The van der Waals surface area contributed by atoms with Crippen molar-refractivity contribution in [2.75, 3.05) is 0 Å². The molecule has 1 heterocycles. The van der Waals surface area contributed by atoms with Crippen molar-refractivity contribution in [3.8, 4) is 0 Å². The van der Waals surface area contributed by atoms with Crippen molar-refractivity contribution in [2.24, 2.45) is 17.8 Å². The van der Waals surface area contributed by atoms with E-state index in [-0.39, 0.29) is 10.3 Å². The predicted molar refractivity (Wildman–Crippen MR) is 100 cm³/mol. The largest absolute Gasteiger partial charge is 0.283 e. The van der Waals surface area contributed by atoms with Crippen LogP contribution in [0.2, 0.25) is 0 Å². The Labute approximate surface area is 164 Å². The van der Waals surface area contributed by atoms with Gasteiger partial charge in [-0.3, -0.25) is 0 Å². The molecule has 4 bridgehead atoms. The first kappa shape index (κ1) is 18.3. The summed E-state index contributed by atoms with van der Waals surface area (Å²) in [4.78, 5) is -0.283. The molecule has 4 fully saturated rings. The molecule has 0 saturated heterocycles. The van der Waals surface area contributed by atoms with Crippen molar-refractivity contribution >= 4 is 10.0 Å². The van der Waals surface area contributed by atoms with Crippen molar-refractivity contribution in [2.45, 2.75) is 62.7 Å². The fourth-order valence-corrected chi connectivity index (χ4v) is 8.15. The van der Waals surface area contributed by atoms with Gasteiger partial charge in [-0.1, -0.05) is 0 Å². The lowest BCUT2D eigenvalue weighted by molar-refractivity contribution is -0.00574. The van der Waals surface area contributed by atoms with Crippen LogP contribution in [0.25, 0.3) is 0 Å². The minimum atomic E-state index is -4.08. The van der Waals surface area contributed by atoms with Crippen LogP contribution < -0.4 is 0 Å². The summed E-state index contributed by atoms with van der Waals surface area (Å²) in [6.45, 7) is 3.67. The average molecular weight is 406 g/mol. The summed E-state index contributed by atoms with van der Waals surface area (Å²) in [6.07, 6.45) is 7.24. The second kappa shape index (κ2) is 5.88. The van der Waals surface area contributed by atoms with Gasteiger partial charge in [0.15, 0.2) is 11.6 Å². The maximum Gasteiger partial charge on any atom is 0.283 e. The highest BCUT2D eigenvalue weighted by Crippen LogP contribution is 2.61. The Morgan fingerprint density at radius 3 is 2.11 bits per heavy atom. The Bertz CT molecular complexity index is 1040. The molecule has 0 amide bonds. The van der Waals surface area contributed by atoms with Crippen LogP contribution >= 0.6 is 0 Å². The van der Waals surface area contributed by atoms with Crippen molar-refractivity contribution in [3.05, 3.63) is 46.8 Å². The van der Waals surface area contributed by atoms with Crippen molar-refractivity contribution in [1.29, 1.82) is 0 Å². The summed E-state index contributed by atoms with van der Waals surface area (Å²) >= 11 is 0. The van der Waals surface area contributed by atoms with Gasteiger partial charge in [-0.2, -0.15) is 17.6 Å². The molecule has 2 aromatic rings. The SMILES string of the molecule is Cc1nn(S(=O)(=O)c2ccc(F)c(F)c2)c(C)c1C12CC3CC(CC(C3)C1)C2. The molecule has 0 unspecified atom stereocenters. The van der Waals surface area contributed by atoms with Crippen LogP contribution in [-0.2, 0) is 15.4 Å². The molecule has 1 aromatic carbocycles. The van der Waals surface area contributed by atoms with E-state index in [9.17, 15) is 17.2 Å². The quantitative estimate of drug-likeness (QED) is 0.755. The van der Waals surface area contributed by atoms with E-state index < -0.39 is 21.7 Å². The highest BCUT2D eigenvalue weighted by atomic mass is 32.2. The van der Waals surface area contributed by atoms with E-state index >= 15 is 0 Å². The Kier molecular flexibility index (Phi) is 3.84. The zero-order chi connectivity index (χ0) is 19.8. The highest BCUT2D eigenvalue weighted by Gasteiger charge is 2.53. The summed E-state index contributed by atoms with van der Waals surface area (Å²) in [5.74, 6) is -0.0471. The molecule has 4 nitrogen and oxygen atoms in total. The summed E-state index contributed by atoms with van der Waals surface area (Å²) in [5, 5.41) is 4.38. The minimum Gasteiger partial charge on any atom is -0.204 e. The van der Waals surface area contributed by atoms with Crippen LogP contribution in [0, 0.1) is 43.2 Å². The van der Waals surface area contributed by atoms with Crippen LogP contribution in [0.1, 0.15) is 55.5 Å². The van der Waals surface area contributed by atoms with E-state index in [1.165, 1.54) is 19.3 Å². The maximum atomic E-state index is 13.6. The van der Waals surface area contributed by atoms with Gasteiger partial charge in [0, 0.05) is 5.56 Å². The van der Waals surface area contributed by atoms with Crippen molar-refractivity contribution in [1.82, 2.24) is 9.19 Å². The molecule has 0 radical (unpaired) electrons. The fourth-order valence-electron chi connectivity index (χ4n) is 6.77. The molecule has 28 heavy (non-hydrogen) atoms. The molecule has 6 rings (SSSR count). The Hall–Kier alpha value is -1.76. The maximum absolute atomic E-state index is 13.6. The molecule has 0 atom stereocenters. The lowest BCUT2D eigenvalue weighted by Gasteiger charge is -2.57. The molecule has 0 spiro atoms. The number of benzene rings is 1. The van der Waals surface area contributed by atoms with Crippen LogP contribution in [0.5, 0.6) is 0 Å². The van der Waals surface area contributed by atoms with Gasteiger partial charge < -0.3 is 0 Å². The smallest absolute Gasteiger partial charge is 0.204 e. The van der Waals surface area contributed by atoms with Gasteiger partial charge in [0.05, 0.1) is 16.3 Å². The fraction of sp³-hybridized carbons (Fsp3) is 0.571. The third-order valence-corrected chi connectivity index (χ3v) is 8.90. The standard InChI is InChI=1S/C21H24F2N2O2S/c1-12-20(21-9-14-5-15(10-21)7-16(6-14)11-21)13(2)25(24-12)28(26,27)17-3-4-18(22)19(23)8-17/h3-4,8,14-16H,5-7,9-11H2,1-2H3. The summed E-state index contributed by atoms with van der Waals surface area (Å²) in [5.41, 5.74) is 2.44. The second-order valence-corrected chi connectivity index (χ2v) is 10.9. The van der Waals surface area contributed by atoms with Gasteiger partial charge in [-0.25, -0.2) is 8.78 Å². The number of hydrogen-bond acceptors (Lipinski definition) is 3. The number of rotatable bonds is 3. The van der Waals surface area contributed by atoms with E-state index in [0.717, 1.165) is 70.6 Å². The predicted octanol–water partition coefficient (Wildman–Crippen LogP) is 4.48. The molecule has 150 valence electrons. The first-order chi connectivity index (χ1) is 13.2. The molecule has 1 aromatic heterocycles. The van der Waals surface area contributed by atoms with Gasteiger partial charge >= 0.3 is 0 Å². The Balaban J connectivity index is 1.61. The number of nitrogens with zero attached hydrogens (tertiary/aromatic N) is 2. The molecular formula is C21H24F2N2O2S. The summed E-state index contributed by atoms with van der Waals surface area (Å²) in [7, 11) is -4.08. The summed E-state index contributed by atoms with van der Waals surface area (Å²) < 4.78 is 54.2. The second-order valence-electron chi connectivity index (χ2n) is 9.17. The Morgan fingerprint density at radius 1 is 1.00 bits per heavy atom. The van der Waals surface area contributed by atoms with Crippen molar-refractivity contribution < 1.29 is 17.2 Å². The third kappa shape index (κ3) is 2.51. The minimum absolute atomic E-state index is 0.0186. The molecule has 0 aliphatic heterocycles. The lowest BCUT2D eigenvalue weighted by Crippen LogP contribution is -2.49. The number of aromatic nitrogens is 2. The van der Waals surface area contributed by atoms with E-state index in [4.69, 9.17) is 0 Å². The highest BCUT2D eigenvalue weighted by molar-refractivity contribution is 7.89. The zero-order valence-electron chi connectivity index (χ0n) is 16.1. The van der Waals surface area contributed by atoms with Gasteiger partial charge in [-0.15, -0.1) is 0 Å². The third-order valence-electron chi connectivity index (χ3n) is 7.24. The Morgan fingerprint density at radius 2 is 1.57 bits per heavy atom. The number of halogens is 2. The lowest BCUT2D eigenvalue weighted by atomic mass is 9.48. The van der Waals surface area contributed by atoms with Gasteiger partial charge in [0.2, 0.25) is 0 Å². The van der Waals surface area contributed by atoms with Gasteiger partial charge in [0.1, 0.15) is 0 Å². The van der Waals surface area contributed by atoms with E-state index in [1.807, 2.05) is 6.92 Å². The normalized spacial score (nSPS) is 31.5. The van der Waals surface area contributed by atoms with Gasteiger partial charge in [-0.05, 0) is 93.7 Å². The molecule has 0 N–H and O–H groups in total. The topological polar surface area (TPSA) is 52.0 Å². The molecule has 4 aliphatic rings. The van der Waals surface area contributed by atoms with Crippen LogP contribution in [-0.4, -0.2) is 17.6 Å². The van der Waals surface area contributed by atoms with E-state index in [1.54, 1.807) is 6.92 Å². The van der Waals surface area contributed by atoms with E-state index in [2.05, 4.69) is 5.10 Å². The van der Waals surface area contributed by atoms with Gasteiger partial charge in [0.25, 0.3) is 10.0 Å². The summed E-state index contributed by atoms with van der Waals surface area (Å²) in [6, 6.07) is 2.66. The number of hydrogen-bond donors (Lipinski definition) is 0. The van der Waals surface area contributed by atoms with Crippen LogP contribution in [0.15, 0.2) is 23.1 Å². The molecule has 4 aliphatic carbocycles. The monoisotopic (exact) mass is 406 g/mol. The van der Waals surface area contributed by atoms with Crippen LogP contribution in [0.3, 0.4) is 0 Å². The zero-order valence-corrected chi connectivity index (χ0v) is 16.9. The van der Waals surface area contributed by atoms with E-state index in [0.29, 0.717) is 5.69 Å². The molecular weight excluding hydrogens is 382 g/mol. The first-order valence-corrected chi connectivity index (χ1v) is 11.4. The first-order valence-electron chi connectivity index (χ1n) is 9.97. The number of aryl methyl sites for hydroxylation is 1. The average Bonchev–Trinajstić information content (AvgIpc) is 2.91.